The molecule has 0 unspecified atom stereocenters. The van der Waals surface area contributed by atoms with E-state index in [0.29, 0.717) is 16.7 Å². The predicted molar refractivity (Wildman–Crippen MR) is 101 cm³/mol. The van der Waals surface area contributed by atoms with Gasteiger partial charge in [0.05, 0.1) is 14.2 Å². The highest BCUT2D eigenvalue weighted by molar-refractivity contribution is 8.14. The van der Waals surface area contributed by atoms with E-state index >= 15 is 0 Å². The summed E-state index contributed by atoms with van der Waals surface area (Å²) in [5.74, 6) is 0.460. The van der Waals surface area contributed by atoms with Crippen LogP contribution in [-0.4, -0.2) is 25.3 Å². The van der Waals surface area contributed by atoms with Crippen molar-refractivity contribution in [1.29, 1.82) is 0 Å². The lowest BCUT2D eigenvalue weighted by molar-refractivity contribution is -0.119. The van der Waals surface area contributed by atoms with E-state index < -0.39 is 5.82 Å². The first-order valence-corrected chi connectivity index (χ1v) is 8.98. The number of amidine groups is 1. The third kappa shape index (κ3) is 4.11. The number of carbonyl (C=O) groups is 1. The Labute approximate surface area is 159 Å². The second kappa shape index (κ2) is 7.97. The molecule has 0 saturated carbocycles. The molecule has 1 aliphatic heterocycles. The van der Waals surface area contributed by atoms with Gasteiger partial charge in [0.1, 0.15) is 11.5 Å². The van der Waals surface area contributed by atoms with Crippen LogP contribution in [0.15, 0.2) is 41.4 Å². The molecule has 1 heterocycles. The van der Waals surface area contributed by atoms with Crippen LogP contribution in [0.5, 0.6) is 11.5 Å². The fourth-order valence-corrected chi connectivity index (χ4v) is 3.79. The molecule has 5 nitrogen and oxygen atoms in total. The lowest BCUT2D eigenvalue weighted by Gasteiger charge is -2.24. The van der Waals surface area contributed by atoms with Gasteiger partial charge < -0.3 is 14.8 Å². The number of rotatable bonds is 4. The lowest BCUT2D eigenvalue weighted by atomic mass is 10.1. The van der Waals surface area contributed by atoms with E-state index in [9.17, 15) is 9.18 Å². The molecule has 1 aliphatic rings. The fourth-order valence-electron chi connectivity index (χ4n) is 2.52. The van der Waals surface area contributed by atoms with E-state index in [1.807, 2.05) is 12.1 Å². The van der Waals surface area contributed by atoms with Crippen molar-refractivity contribution in [1.82, 2.24) is 5.32 Å². The number of aliphatic imine (C=N–C) groups is 1. The number of ether oxygens (including phenoxy) is 2. The van der Waals surface area contributed by atoms with E-state index in [0.717, 1.165) is 5.56 Å². The number of halogens is 2. The minimum Gasteiger partial charge on any atom is -0.493 e. The van der Waals surface area contributed by atoms with Gasteiger partial charge in [-0.05, 0) is 35.9 Å². The van der Waals surface area contributed by atoms with E-state index in [4.69, 9.17) is 21.1 Å². The average Bonchev–Trinajstić information content (AvgIpc) is 2.63. The first kappa shape index (κ1) is 18.5. The van der Waals surface area contributed by atoms with E-state index in [-0.39, 0.29) is 28.3 Å². The molecule has 0 aromatic heterocycles. The van der Waals surface area contributed by atoms with Crippen molar-refractivity contribution in [2.45, 2.75) is 11.7 Å². The standard InChI is InChI=1S/C18H16ClFN2O3S/c1-24-14-6-3-10(7-15(14)25-2)16-9-17(23)22-18(26-16)21-13-5-4-11(19)8-12(13)20/h3-8,16H,9H2,1-2H3,(H,21,22,23)/t16-/m1/s1. The quantitative estimate of drug-likeness (QED) is 0.830. The Balaban J connectivity index is 1.88. The fraction of sp³-hybridized carbons (Fsp3) is 0.222. The van der Waals surface area contributed by atoms with Gasteiger partial charge in [-0.2, -0.15) is 0 Å². The maximum Gasteiger partial charge on any atom is 0.227 e. The van der Waals surface area contributed by atoms with Gasteiger partial charge in [-0.1, -0.05) is 29.4 Å². The van der Waals surface area contributed by atoms with Crippen LogP contribution in [-0.2, 0) is 4.79 Å². The zero-order valence-corrected chi connectivity index (χ0v) is 15.7. The summed E-state index contributed by atoms with van der Waals surface area (Å²) in [5.41, 5.74) is 1.01. The molecule has 136 valence electrons. The van der Waals surface area contributed by atoms with Crippen molar-refractivity contribution in [3.63, 3.8) is 0 Å². The Morgan fingerprint density at radius 3 is 2.65 bits per heavy atom. The minimum absolute atomic E-state index is 0.116. The molecule has 1 fully saturated rings. The van der Waals surface area contributed by atoms with Crippen LogP contribution in [0.2, 0.25) is 5.02 Å². The van der Waals surface area contributed by atoms with Crippen molar-refractivity contribution in [3.05, 3.63) is 52.8 Å². The Morgan fingerprint density at radius 2 is 1.96 bits per heavy atom. The van der Waals surface area contributed by atoms with E-state index in [2.05, 4.69) is 10.3 Å². The normalized spacial score (nSPS) is 18.5. The number of methoxy groups -OCH3 is 2. The van der Waals surface area contributed by atoms with Crippen LogP contribution < -0.4 is 14.8 Å². The van der Waals surface area contributed by atoms with Gasteiger partial charge in [0.25, 0.3) is 0 Å². The van der Waals surface area contributed by atoms with Crippen molar-refractivity contribution < 1.29 is 18.7 Å². The molecule has 26 heavy (non-hydrogen) atoms. The van der Waals surface area contributed by atoms with Gasteiger partial charge >= 0.3 is 0 Å². The molecule has 0 spiro atoms. The summed E-state index contributed by atoms with van der Waals surface area (Å²) in [5, 5.41) is 3.13. The first-order chi connectivity index (χ1) is 12.5. The lowest BCUT2D eigenvalue weighted by Crippen LogP contribution is -2.34. The number of carbonyl (C=O) groups excluding carboxylic acids is 1. The third-order valence-corrected chi connectivity index (χ3v) is 5.16. The molecule has 0 aliphatic carbocycles. The topological polar surface area (TPSA) is 59.9 Å². The highest BCUT2D eigenvalue weighted by atomic mass is 35.5. The number of hydrogen-bond donors (Lipinski definition) is 1. The van der Waals surface area contributed by atoms with Gasteiger partial charge in [-0.15, -0.1) is 0 Å². The highest BCUT2D eigenvalue weighted by Crippen LogP contribution is 2.40. The van der Waals surface area contributed by atoms with Crippen LogP contribution >= 0.6 is 23.4 Å². The molecule has 1 N–H and O–H groups in total. The Morgan fingerprint density at radius 1 is 1.19 bits per heavy atom. The van der Waals surface area contributed by atoms with Gasteiger partial charge in [-0.25, -0.2) is 9.38 Å². The number of amides is 1. The maximum absolute atomic E-state index is 14.0. The maximum atomic E-state index is 14.0. The van der Waals surface area contributed by atoms with Crippen LogP contribution in [0.3, 0.4) is 0 Å². The van der Waals surface area contributed by atoms with E-state index in [1.165, 1.54) is 23.9 Å². The van der Waals surface area contributed by atoms with Gasteiger partial charge in [0, 0.05) is 16.7 Å². The SMILES string of the molecule is COc1ccc([C@H]2CC(=O)NC(=Nc3ccc(Cl)cc3F)S2)cc1OC. The molecule has 3 rings (SSSR count). The molecule has 1 saturated heterocycles. The summed E-state index contributed by atoms with van der Waals surface area (Å²) < 4.78 is 24.5. The second-order valence-electron chi connectivity index (χ2n) is 5.49. The summed E-state index contributed by atoms with van der Waals surface area (Å²) in [6.45, 7) is 0. The zero-order valence-electron chi connectivity index (χ0n) is 14.1. The van der Waals surface area contributed by atoms with Crippen molar-refractivity contribution in [2.75, 3.05) is 14.2 Å². The monoisotopic (exact) mass is 394 g/mol. The van der Waals surface area contributed by atoms with E-state index in [1.54, 1.807) is 26.4 Å². The number of nitrogens with one attached hydrogen (secondary N) is 1. The molecule has 1 amide bonds. The molecular weight excluding hydrogens is 379 g/mol. The average molecular weight is 395 g/mol. The number of nitrogens with zero attached hydrogens (tertiary/aromatic N) is 1. The van der Waals surface area contributed by atoms with Gasteiger partial charge in [0.2, 0.25) is 5.91 Å². The predicted octanol–water partition coefficient (Wildman–Crippen LogP) is 4.48. The molecular formula is C18H16ClFN2O3S. The van der Waals surface area contributed by atoms with Crippen molar-refractivity contribution >= 4 is 40.1 Å². The van der Waals surface area contributed by atoms with Crippen LogP contribution in [0, 0.1) is 5.82 Å². The Bertz CT molecular complexity index is 876. The first-order valence-electron chi connectivity index (χ1n) is 7.72. The second-order valence-corrected chi connectivity index (χ2v) is 7.11. The summed E-state index contributed by atoms with van der Waals surface area (Å²) in [4.78, 5) is 16.3. The number of hydrogen-bond acceptors (Lipinski definition) is 5. The zero-order chi connectivity index (χ0) is 18.7. The highest BCUT2D eigenvalue weighted by Gasteiger charge is 2.27. The van der Waals surface area contributed by atoms with Gasteiger partial charge in [0.15, 0.2) is 16.7 Å². The van der Waals surface area contributed by atoms with Crippen molar-refractivity contribution in [3.8, 4) is 11.5 Å². The Kier molecular flexibility index (Phi) is 5.68. The minimum atomic E-state index is -0.548. The Hall–Kier alpha value is -2.25. The molecule has 1 atom stereocenters. The van der Waals surface area contributed by atoms with Crippen LogP contribution in [0.25, 0.3) is 0 Å². The van der Waals surface area contributed by atoms with Crippen LogP contribution in [0.4, 0.5) is 10.1 Å². The summed E-state index contributed by atoms with van der Waals surface area (Å²) >= 11 is 7.10. The van der Waals surface area contributed by atoms with Crippen molar-refractivity contribution in [2.24, 2.45) is 4.99 Å². The molecule has 0 radical (unpaired) electrons. The summed E-state index contributed by atoms with van der Waals surface area (Å²) in [7, 11) is 3.12. The molecule has 0 bridgehead atoms. The molecule has 2 aromatic rings. The van der Waals surface area contributed by atoms with Gasteiger partial charge in [-0.3, -0.25) is 4.79 Å². The summed E-state index contributed by atoms with van der Waals surface area (Å²) in [6, 6.07) is 9.69. The third-order valence-electron chi connectivity index (χ3n) is 3.78. The summed E-state index contributed by atoms with van der Waals surface area (Å²) in [6.07, 6.45) is 0.280. The molecule has 2 aromatic carbocycles. The smallest absolute Gasteiger partial charge is 0.227 e. The number of benzene rings is 2. The van der Waals surface area contributed by atoms with Crippen LogP contribution in [0.1, 0.15) is 17.2 Å². The number of thioether (sulfide) groups is 1. The molecule has 8 heteroatoms. The largest absolute Gasteiger partial charge is 0.493 e.